The van der Waals surface area contributed by atoms with Gasteiger partial charge in [-0.15, -0.1) is 5.10 Å². The first-order valence-electron chi connectivity index (χ1n) is 4.11. The third-order valence-corrected chi connectivity index (χ3v) is 2.34. The van der Waals surface area contributed by atoms with E-state index >= 15 is 0 Å². The lowest BCUT2D eigenvalue weighted by Crippen LogP contribution is -1.92. The minimum Gasteiger partial charge on any atom is -0.234 e. The lowest BCUT2D eigenvalue weighted by atomic mass is 10.2. The average molecular weight is 205 g/mol. The molecule has 0 amide bonds. The van der Waals surface area contributed by atoms with Gasteiger partial charge in [0.2, 0.25) is 0 Å². The molecule has 4 nitrogen and oxygen atoms in total. The van der Waals surface area contributed by atoms with Crippen LogP contribution in [0, 0.1) is 0 Å². The molecule has 0 bridgehead atoms. The van der Waals surface area contributed by atoms with Crippen molar-refractivity contribution in [3.8, 4) is 0 Å². The van der Waals surface area contributed by atoms with E-state index in [1.807, 2.05) is 24.3 Å². The van der Waals surface area contributed by atoms with Gasteiger partial charge in [-0.2, -0.15) is 4.52 Å². The average Bonchev–Trinajstić information content (AvgIpc) is 2.61. The second kappa shape index (κ2) is 2.65. The van der Waals surface area contributed by atoms with Crippen LogP contribution in [-0.4, -0.2) is 19.8 Å². The van der Waals surface area contributed by atoms with Crippen LogP contribution in [0.3, 0.4) is 0 Å². The highest BCUT2D eigenvalue weighted by Crippen LogP contribution is 2.17. The zero-order valence-electron chi connectivity index (χ0n) is 7.05. The van der Waals surface area contributed by atoms with Crippen molar-refractivity contribution in [3.63, 3.8) is 0 Å². The van der Waals surface area contributed by atoms with Gasteiger partial charge in [-0.25, -0.2) is 4.98 Å². The summed E-state index contributed by atoms with van der Waals surface area (Å²) < 4.78 is 1.64. The summed E-state index contributed by atoms with van der Waals surface area (Å²) >= 11 is 5.82. The molecule has 3 aromatic rings. The molecule has 0 aliphatic rings. The van der Waals surface area contributed by atoms with Gasteiger partial charge in [0.1, 0.15) is 0 Å². The molecule has 0 saturated heterocycles. The number of halogens is 1. The van der Waals surface area contributed by atoms with Crippen LogP contribution in [-0.2, 0) is 0 Å². The second-order valence-electron chi connectivity index (χ2n) is 2.93. The van der Waals surface area contributed by atoms with Gasteiger partial charge in [-0.3, -0.25) is 0 Å². The second-order valence-corrected chi connectivity index (χ2v) is 3.29. The maximum Gasteiger partial charge on any atom is 0.198 e. The predicted octanol–water partition coefficient (Wildman–Crippen LogP) is 1.93. The number of rotatable bonds is 0. The molecule has 1 aromatic carbocycles. The summed E-state index contributed by atoms with van der Waals surface area (Å²) in [6, 6.07) is 7.82. The standard InChI is InChI=1S/C9H5ClN4/c10-8-9-11-5-6-3-1-2-4-7(6)14(9)13-12-8/h1-5H. The maximum absolute atomic E-state index is 5.82. The monoisotopic (exact) mass is 204 g/mol. The summed E-state index contributed by atoms with van der Waals surface area (Å²) in [7, 11) is 0. The highest BCUT2D eigenvalue weighted by molar-refractivity contribution is 6.32. The highest BCUT2D eigenvalue weighted by atomic mass is 35.5. The van der Waals surface area contributed by atoms with Crippen LogP contribution < -0.4 is 0 Å². The molecule has 14 heavy (non-hydrogen) atoms. The number of hydrogen-bond donors (Lipinski definition) is 0. The molecule has 0 spiro atoms. The van der Waals surface area contributed by atoms with Crippen molar-refractivity contribution in [2.24, 2.45) is 0 Å². The smallest absolute Gasteiger partial charge is 0.198 e. The van der Waals surface area contributed by atoms with Crippen LogP contribution in [0.4, 0.5) is 0 Å². The Kier molecular flexibility index (Phi) is 1.46. The number of aromatic nitrogens is 4. The molecular formula is C9H5ClN4. The van der Waals surface area contributed by atoms with Crippen LogP contribution in [0.2, 0.25) is 5.15 Å². The van der Waals surface area contributed by atoms with Crippen LogP contribution in [0.25, 0.3) is 16.6 Å². The first-order valence-corrected chi connectivity index (χ1v) is 4.49. The van der Waals surface area contributed by atoms with Crippen molar-refractivity contribution in [2.45, 2.75) is 0 Å². The fourth-order valence-electron chi connectivity index (χ4n) is 1.45. The van der Waals surface area contributed by atoms with E-state index in [2.05, 4.69) is 15.3 Å². The Morgan fingerprint density at radius 1 is 1.21 bits per heavy atom. The van der Waals surface area contributed by atoms with Gasteiger partial charge in [-0.1, -0.05) is 35.0 Å². The molecule has 2 heterocycles. The lowest BCUT2D eigenvalue weighted by molar-refractivity contribution is 0.875. The Balaban J connectivity index is 2.61. The number of hydrogen-bond acceptors (Lipinski definition) is 3. The summed E-state index contributed by atoms with van der Waals surface area (Å²) in [5.74, 6) is 0. The Bertz CT molecular complexity index is 616. The molecule has 0 fully saturated rings. The Morgan fingerprint density at radius 3 is 3.00 bits per heavy atom. The minimum atomic E-state index is 0.329. The molecule has 68 valence electrons. The van der Waals surface area contributed by atoms with Crippen molar-refractivity contribution in [1.29, 1.82) is 0 Å². The molecule has 0 aliphatic carbocycles. The van der Waals surface area contributed by atoms with E-state index in [9.17, 15) is 0 Å². The predicted molar refractivity (Wildman–Crippen MR) is 53.3 cm³/mol. The Hall–Kier alpha value is -1.68. The van der Waals surface area contributed by atoms with Gasteiger partial charge in [0.15, 0.2) is 10.8 Å². The van der Waals surface area contributed by atoms with E-state index in [1.165, 1.54) is 0 Å². The van der Waals surface area contributed by atoms with E-state index in [0.29, 0.717) is 10.8 Å². The Labute approximate surface area is 84.1 Å². The summed E-state index contributed by atoms with van der Waals surface area (Å²) in [5.41, 5.74) is 1.54. The van der Waals surface area contributed by atoms with E-state index in [4.69, 9.17) is 11.6 Å². The van der Waals surface area contributed by atoms with E-state index in [1.54, 1.807) is 10.7 Å². The Morgan fingerprint density at radius 2 is 2.07 bits per heavy atom. The normalized spacial score (nSPS) is 11.2. The van der Waals surface area contributed by atoms with Gasteiger partial charge in [0.25, 0.3) is 0 Å². The summed E-state index contributed by atoms with van der Waals surface area (Å²) in [5, 5.41) is 9.03. The van der Waals surface area contributed by atoms with Crippen LogP contribution in [0.1, 0.15) is 0 Å². The van der Waals surface area contributed by atoms with E-state index in [0.717, 1.165) is 10.9 Å². The molecule has 0 aliphatic heterocycles. The first kappa shape index (κ1) is 7.70. The fraction of sp³-hybridized carbons (Fsp3) is 0. The fourth-order valence-corrected chi connectivity index (χ4v) is 1.61. The van der Waals surface area contributed by atoms with Crippen LogP contribution >= 0.6 is 11.6 Å². The van der Waals surface area contributed by atoms with Gasteiger partial charge < -0.3 is 0 Å². The molecule has 2 aromatic heterocycles. The number of fused-ring (bicyclic) bond motifs is 3. The quantitative estimate of drug-likeness (QED) is 0.562. The van der Waals surface area contributed by atoms with Crippen molar-refractivity contribution < 1.29 is 0 Å². The van der Waals surface area contributed by atoms with Gasteiger partial charge >= 0.3 is 0 Å². The molecule has 0 atom stereocenters. The highest BCUT2D eigenvalue weighted by Gasteiger charge is 2.06. The first-order chi connectivity index (χ1) is 6.86. The molecular weight excluding hydrogens is 200 g/mol. The van der Waals surface area contributed by atoms with Crippen LogP contribution in [0.15, 0.2) is 30.5 Å². The summed E-state index contributed by atoms with van der Waals surface area (Å²) in [4.78, 5) is 4.17. The molecule has 5 heteroatoms. The largest absolute Gasteiger partial charge is 0.234 e. The summed E-state index contributed by atoms with van der Waals surface area (Å²) in [6.07, 6.45) is 1.76. The topological polar surface area (TPSA) is 43.1 Å². The third-order valence-electron chi connectivity index (χ3n) is 2.10. The van der Waals surface area contributed by atoms with Crippen molar-refractivity contribution in [3.05, 3.63) is 35.6 Å². The maximum atomic E-state index is 5.82. The third kappa shape index (κ3) is 0.914. The van der Waals surface area contributed by atoms with Gasteiger partial charge in [0.05, 0.1) is 5.52 Å². The van der Waals surface area contributed by atoms with Crippen molar-refractivity contribution in [1.82, 2.24) is 19.8 Å². The van der Waals surface area contributed by atoms with Crippen molar-refractivity contribution >= 4 is 28.2 Å². The number of benzene rings is 1. The van der Waals surface area contributed by atoms with Gasteiger partial charge in [0, 0.05) is 11.6 Å². The number of para-hydroxylation sites is 1. The molecule has 0 saturated carbocycles. The molecule has 3 rings (SSSR count). The molecule has 0 radical (unpaired) electrons. The molecule has 0 unspecified atom stereocenters. The SMILES string of the molecule is Clc1nnn2c1ncc1ccccc12. The van der Waals surface area contributed by atoms with E-state index < -0.39 is 0 Å². The molecule has 0 N–H and O–H groups in total. The van der Waals surface area contributed by atoms with Gasteiger partial charge in [-0.05, 0) is 6.07 Å². The minimum absolute atomic E-state index is 0.329. The zero-order chi connectivity index (χ0) is 9.54. The summed E-state index contributed by atoms with van der Waals surface area (Å²) in [6.45, 7) is 0. The zero-order valence-corrected chi connectivity index (χ0v) is 7.81. The lowest BCUT2D eigenvalue weighted by Gasteiger charge is -1.97. The number of nitrogens with zero attached hydrogens (tertiary/aromatic N) is 4. The van der Waals surface area contributed by atoms with Crippen LogP contribution in [0.5, 0.6) is 0 Å². The van der Waals surface area contributed by atoms with Crippen molar-refractivity contribution in [2.75, 3.05) is 0 Å². The van der Waals surface area contributed by atoms with E-state index in [-0.39, 0.29) is 0 Å².